The van der Waals surface area contributed by atoms with Crippen molar-refractivity contribution < 1.29 is 47.5 Å². The third-order valence-electron chi connectivity index (χ3n) is 12.0. The zero-order valence-corrected chi connectivity index (χ0v) is 42.7. The summed E-state index contributed by atoms with van der Waals surface area (Å²) >= 11 is 0. The van der Waals surface area contributed by atoms with Crippen LogP contribution in [-0.4, -0.2) is 59.9 Å². The number of esters is 2. The molecule has 0 spiro atoms. The molecule has 382 valence electrons. The standard InChI is InChI=1S/C53H100NO10P/c1-3-5-7-9-11-13-15-17-19-21-23-24-25-26-27-29-30-32-34-36-38-40-42-44-51(55)61-46-49(47-62-65(59,60)63-48-50(54)53(57)58)64-52(56)45-43-41-39-37-35-33-31-28-22-20-18-16-14-12-10-8-6-4-2/h14,16,20,22,49-50H,3-13,15,17-19,21,23-48,54H2,1-2H3,(H,57,58)(H,59,60)/b16-14-,22-20-. The molecule has 0 saturated carbocycles. The number of ether oxygens (including phenoxy) is 2. The minimum atomic E-state index is -4.72. The lowest BCUT2D eigenvalue weighted by atomic mass is 10.0. The number of unbranched alkanes of at least 4 members (excludes halogenated alkanes) is 33. The largest absolute Gasteiger partial charge is 0.480 e. The second-order valence-electron chi connectivity index (χ2n) is 18.4. The van der Waals surface area contributed by atoms with Crippen LogP contribution in [0.25, 0.3) is 0 Å². The molecule has 3 unspecified atom stereocenters. The lowest BCUT2D eigenvalue weighted by molar-refractivity contribution is -0.161. The van der Waals surface area contributed by atoms with Crippen molar-refractivity contribution in [3.05, 3.63) is 24.3 Å². The Morgan fingerprint density at radius 3 is 1.22 bits per heavy atom. The SMILES string of the molecule is CCCCCC/C=C\C/C=C\CCCCCCCCCC(=O)OC(COC(=O)CCCCCCCCCCCCCCCCCCCCCCCCC)COP(=O)(O)OCC(N)C(=O)O. The summed E-state index contributed by atoms with van der Waals surface area (Å²) in [5, 5.41) is 8.93. The molecule has 65 heavy (non-hydrogen) atoms. The van der Waals surface area contributed by atoms with Crippen molar-refractivity contribution in [3.63, 3.8) is 0 Å². The molecule has 0 rings (SSSR count). The molecule has 0 aromatic carbocycles. The predicted octanol–water partition coefficient (Wildman–Crippen LogP) is 15.4. The van der Waals surface area contributed by atoms with Crippen molar-refractivity contribution in [2.75, 3.05) is 19.8 Å². The van der Waals surface area contributed by atoms with Gasteiger partial charge in [-0.25, -0.2) is 4.57 Å². The van der Waals surface area contributed by atoms with Crippen molar-refractivity contribution in [1.29, 1.82) is 0 Å². The number of phosphoric acid groups is 1. The van der Waals surface area contributed by atoms with E-state index in [4.69, 9.17) is 24.8 Å². The first-order valence-corrected chi connectivity index (χ1v) is 28.4. The minimum Gasteiger partial charge on any atom is -0.480 e. The number of hydrogen-bond donors (Lipinski definition) is 3. The first kappa shape index (κ1) is 63.0. The van der Waals surface area contributed by atoms with Gasteiger partial charge in [-0.05, 0) is 44.9 Å². The highest BCUT2D eigenvalue weighted by Gasteiger charge is 2.28. The Labute approximate surface area is 398 Å². The molecule has 0 aliphatic carbocycles. The molecule has 0 aromatic rings. The molecule has 0 aliphatic heterocycles. The van der Waals surface area contributed by atoms with E-state index >= 15 is 0 Å². The summed E-state index contributed by atoms with van der Waals surface area (Å²) in [5.74, 6) is -2.37. The highest BCUT2D eigenvalue weighted by atomic mass is 31.2. The summed E-state index contributed by atoms with van der Waals surface area (Å²) in [6, 6.07) is -1.52. The smallest absolute Gasteiger partial charge is 0.472 e. The molecule has 4 N–H and O–H groups in total. The van der Waals surface area contributed by atoms with Crippen LogP contribution in [0.4, 0.5) is 0 Å². The first-order chi connectivity index (χ1) is 31.6. The van der Waals surface area contributed by atoms with E-state index in [0.717, 1.165) is 57.8 Å². The van der Waals surface area contributed by atoms with E-state index < -0.39 is 51.1 Å². The molecule has 0 heterocycles. The van der Waals surface area contributed by atoms with Gasteiger partial charge in [-0.2, -0.15) is 0 Å². The fourth-order valence-electron chi connectivity index (χ4n) is 7.75. The van der Waals surface area contributed by atoms with Crippen LogP contribution in [0.3, 0.4) is 0 Å². The van der Waals surface area contributed by atoms with Gasteiger partial charge >= 0.3 is 25.7 Å². The molecule has 0 bridgehead atoms. The lowest BCUT2D eigenvalue weighted by Gasteiger charge is -2.20. The van der Waals surface area contributed by atoms with E-state index in [0.29, 0.717) is 12.8 Å². The minimum absolute atomic E-state index is 0.155. The van der Waals surface area contributed by atoms with E-state index in [1.165, 1.54) is 167 Å². The number of aliphatic carboxylic acids is 1. The fraction of sp³-hybridized carbons (Fsp3) is 0.868. The number of phosphoric ester groups is 1. The number of rotatable bonds is 51. The molecule has 0 aromatic heterocycles. The molecule has 3 atom stereocenters. The number of carbonyl (C=O) groups is 3. The summed E-state index contributed by atoms with van der Waals surface area (Å²) in [7, 11) is -4.72. The number of carbonyl (C=O) groups excluding carboxylic acids is 2. The van der Waals surface area contributed by atoms with E-state index in [1.807, 2.05) is 0 Å². The Morgan fingerprint density at radius 2 is 0.815 bits per heavy atom. The van der Waals surface area contributed by atoms with Gasteiger partial charge < -0.3 is 25.2 Å². The lowest BCUT2D eigenvalue weighted by Crippen LogP contribution is -2.34. The molecule has 0 saturated heterocycles. The molecular formula is C53H100NO10P. The van der Waals surface area contributed by atoms with Crippen LogP contribution in [0.5, 0.6) is 0 Å². The van der Waals surface area contributed by atoms with E-state index in [2.05, 4.69) is 42.7 Å². The highest BCUT2D eigenvalue weighted by Crippen LogP contribution is 2.43. The second-order valence-corrected chi connectivity index (χ2v) is 19.8. The normalized spacial score (nSPS) is 13.7. The molecular weight excluding hydrogens is 842 g/mol. The Balaban J connectivity index is 4.17. The monoisotopic (exact) mass is 942 g/mol. The van der Waals surface area contributed by atoms with Crippen LogP contribution in [0, 0.1) is 0 Å². The van der Waals surface area contributed by atoms with Gasteiger partial charge in [0.2, 0.25) is 0 Å². The van der Waals surface area contributed by atoms with Crippen molar-refractivity contribution in [2.24, 2.45) is 5.73 Å². The quantitative estimate of drug-likeness (QED) is 0.0229. The van der Waals surface area contributed by atoms with Crippen LogP contribution < -0.4 is 5.73 Å². The summed E-state index contributed by atoms with van der Waals surface area (Å²) in [6.45, 7) is 2.83. The zero-order chi connectivity index (χ0) is 47.7. The molecule has 0 aliphatic rings. The second kappa shape index (κ2) is 48.4. The Bertz CT molecular complexity index is 1200. The van der Waals surface area contributed by atoms with Crippen LogP contribution >= 0.6 is 7.82 Å². The van der Waals surface area contributed by atoms with Crippen molar-refractivity contribution in [3.8, 4) is 0 Å². The first-order valence-electron chi connectivity index (χ1n) is 26.9. The van der Waals surface area contributed by atoms with E-state index in [-0.39, 0.29) is 19.4 Å². The summed E-state index contributed by atoms with van der Waals surface area (Å²) in [5.41, 5.74) is 5.36. The van der Waals surface area contributed by atoms with Gasteiger partial charge in [0.1, 0.15) is 12.6 Å². The highest BCUT2D eigenvalue weighted by molar-refractivity contribution is 7.47. The van der Waals surface area contributed by atoms with Gasteiger partial charge in [0.05, 0.1) is 13.2 Å². The number of hydrogen-bond acceptors (Lipinski definition) is 9. The van der Waals surface area contributed by atoms with Crippen LogP contribution in [-0.2, 0) is 37.5 Å². The van der Waals surface area contributed by atoms with Gasteiger partial charge in [0.15, 0.2) is 6.10 Å². The van der Waals surface area contributed by atoms with Crippen LogP contribution in [0.15, 0.2) is 24.3 Å². The summed E-state index contributed by atoms with van der Waals surface area (Å²) in [6.07, 6.45) is 53.9. The zero-order valence-electron chi connectivity index (χ0n) is 41.8. The average molecular weight is 942 g/mol. The number of nitrogens with two attached hydrogens (primary N) is 1. The third-order valence-corrected chi connectivity index (χ3v) is 12.9. The van der Waals surface area contributed by atoms with Crippen molar-refractivity contribution >= 4 is 25.7 Å². The van der Waals surface area contributed by atoms with Crippen LogP contribution in [0.2, 0.25) is 0 Å². The molecule has 0 amide bonds. The summed E-state index contributed by atoms with van der Waals surface area (Å²) < 4.78 is 32.9. The Kier molecular flexibility index (Phi) is 46.9. The van der Waals surface area contributed by atoms with Gasteiger partial charge in [-0.15, -0.1) is 0 Å². The van der Waals surface area contributed by atoms with Gasteiger partial charge in [-0.1, -0.05) is 231 Å². The molecule has 11 nitrogen and oxygen atoms in total. The maximum Gasteiger partial charge on any atom is 0.472 e. The maximum atomic E-state index is 12.7. The summed E-state index contributed by atoms with van der Waals surface area (Å²) in [4.78, 5) is 46.2. The molecule has 0 fully saturated rings. The van der Waals surface area contributed by atoms with Gasteiger partial charge in [0.25, 0.3) is 0 Å². The predicted molar refractivity (Wildman–Crippen MR) is 268 cm³/mol. The van der Waals surface area contributed by atoms with Crippen molar-refractivity contribution in [2.45, 2.75) is 276 Å². The van der Waals surface area contributed by atoms with Crippen molar-refractivity contribution in [1.82, 2.24) is 0 Å². The Morgan fingerprint density at radius 1 is 0.477 bits per heavy atom. The van der Waals surface area contributed by atoms with Crippen LogP contribution in [0.1, 0.15) is 264 Å². The van der Waals surface area contributed by atoms with E-state index in [9.17, 15) is 23.8 Å². The number of carboxylic acid groups (broad SMARTS) is 1. The maximum absolute atomic E-state index is 12.7. The third kappa shape index (κ3) is 48.2. The number of carboxylic acids is 1. The fourth-order valence-corrected chi connectivity index (χ4v) is 8.52. The Hall–Kier alpha value is -2.04. The topological polar surface area (TPSA) is 172 Å². The number of allylic oxidation sites excluding steroid dienone is 4. The van der Waals surface area contributed by atoms with Gasteiger partial charge in [0, 0.05) is 12.8 Å². The van der Waals surface area contributed by atoms with E-state index in [1.54, 1.807) is 0 Å². The molecule has 12 heteroatoms. The average Bonchev–Trinajstić information content (AvgIpc) is 3.28. The molecule has 0 radical (unpaired) electrons. The van der Waals surface area contributed by atoms with Gasteiger partial charge in [-0.3, -0.25) is 23.4 Å².